The highest BCUT2D eigenvalue weighted by Crippen LogP contribution is 2.08. The van der Waals surface area contributed by atoms with Crippen LogP contribution in [0.25, 0.3) is 6.08 Å². The van der Waals surface area contributed by atoms with Gasteiger partial charge in [0, 0.05) is 0 Å². The van der Waals surface area contributed by atoms with Gasteiger partial charge in [-0.05, 0) is 25.3 Å². The monoisotopic (exact) mass is 186 g/mol. The molecule has 0 heteroatoms. The molecule has 1 rings (SSSR count). The normalized spacial score (nSPS) is 12.8. The van der Waals surface area contributed by atoms with Crippen molar-refractivity contribution in [2.24, 2.45) is 5.92 Å². The Morgan fingerprint density at radius 3 is 2.36 bits per heavy atom. The van der Waals surface area contributed by atoms with Crippen LogP contribution in [0.15, 0.2) is 48.1 Å². The molecule has 0 aliphatic carbocycles. The molecule has 0 aliphatic rings. The van der Waals surface area contributed by atoms with Gasteiger partial charge < -0.3 is 0 Å². The molecule has 0 nitrogen and oxygen atoms in total. The van der Waals surface area contributed by atoms with Crippen LogP contribution in [0.1, 0.15) is 26.3 Å². The van der Waals surface area contributed by atoms with E-state index in [-0.39, 0.29) is 0 Å². The molecule has 74 valence electrons. The maximum absolute atomic E-state index is 2.26. The second-order valence-corrected chi connectivity index (χ2v) is 3.87. The van der Waals surface area contributed by atoms with E-state index in [0.29, 0.717) is 5.92 Å². The Bertz CT molecular complexity index is 313. The Kier molecular flexibility index (Phi) is 4.18. The summed E-state index contributed by atoms with van der Waals surface area (Å²) >= 11 is 0. The molecule has 1 aromatic carbocycles. The van der Waals surface area contributed by atoms with Crippen LogP contribution in [0.4, 0.5) is 0 Å². The predicted molar refractivity (Wildman–Crippen MR) is 64.1 cm³/mol. The second kappa shape index (κ2) is 5.43. The maximum atomic E-state index is 2.26. The summed E-state index contributed by atoms with van der Waals surface area (Å²) in [5, 5.41) is 0. The lowest BCUT2D eigenvalue weighted by Crippen LogP contribution is -1.83. The minimum atomic E-state index is 0.514. The molecule has 0 spiro atoms. The van der Waals surface area contributed by atoms with E-state index in [0.717, 1.165) is 0 Å². The number of benzene rings is 1. The zero-order chi connectivity index (χ0) is 10.4. The zero-order valence-corrected chi connectivity index (χ0v) is 9.20. The molecule has 0 aliphatic heterocycles. The minimum Gasteiger partial charge on any atom is -0.0798 e. The Hall–Kier alpha value is -1.30. The summed E-state index contributed by atoms with van der Waals surface area (Å²) in [4.78, 5) is 0. The van der Waals surface area contributed by atoms with Crippen molar-refractivity contribution < 1.29 is 0 Å². The van der Waals surface area contributed by atoms with Crippen LogP contribution in [-0.4, -0.2) is 0 Å². The topological polar surface area (TPSA) is 0 Å². The van der Waals surface area contributed by atoms with Crippen molar-refractivity contribution in [3.8, 4) is 0 Å². The first-order valence-corrected chi connectivity index (χ1v) is 5.07. The fourth-order valence-electron chi connectivity index (χ4n) is 1.41. The first-order chi connectivity index (χ1) is 6.68. The molecule has 1 atom stereocenters. The molecule has 0 saturated heterocycles. The molecule has 0 bridgehead atoms. The van der Waals surface area contributed by atoms with Crippen molar-refractivity contribution in [3.63, 3.8) is 0 Å². The summed E-state index contributed by atoms with van der Waals surface area (Å²) in [5.41, 5.74) is 2.64. The Labute approximate surface area is 87.0 Å². The fraction of sp³-hybridized carbons (Fsp3) is 0.286. The van der Waals surface area contributed by atoms with E-state index < -0.39 is 0 Å². The molecule has 0 amide bonds. The van der Waals surface area contributed by atoms with Gasteiger partial charge in [-0.3, -0.25) is 0 Å². The zero-order valence-electron chi connectivity index (χ0n) is 9.20. The summed E-state index contributed by atoms with van der Waals surface area (Å²) in [5.74, 6) is 0.514. The third-order valence-corrected chi connectivity index (χ3v) is 1.99. The Morgan fingerprint density at radius 1 is 1.14 bits per heavy atom. The van der Waals surface area contributed by atoms with Crippen molar-refractivity contribution in [2.45, 2.75) is 20.8 Å². The van der Waals surface area contributed by atoms with Crippen molar-refractivity contribution in [2.75, 3.05) is 0 Å². The first-order valence-electron chi connectivity index (χ1n) is 5.07. The van der Waals surface area contributed by atoms with Crippen molar-refractivity contribution >= 4 is 6.08 Å². The van der Waals surface area contributed by atoms with Crippen LogP contribution < -0.4 is 0 Å². The van der Waals surface area contributed by atoms with Gasteiger partial charge in [-0.15, -0.1) is 0 Å². The van der Waals surface area contributed by atoms with E-state index in [4.69, 9.17) is 0 Å². The number of rotatable bonds is 3. The molecule has 0 saturated carbocycles. The van der Waals surface area contributed by atoms with Crippen LogP contribution in [0.5, 0.6) is 0 Å². The smallest absolute Gasteiger partial charge is 0.00761 e. The van der Waals surface area contributed by atoms with E-state index >= 15 is 0 Å². The van der Waals surface area contributed by atoms with Gasteiger partial charge in [0.1, 0.15) is 0 Å². The van der Waals surface area contributed by atoms with Crippen LogP contribution in [0.3, 0.4) is 0 Å². The molecule has 14 heavy (non-hydrogen) atoms. The largest absolute Gasteiger partial charge is 0.0798 e. The van der Waals surface area contributed by atoms with Gasteiger partial charge in [-0.1, -0.05) is 61.1 Å². The Morgan fingerprint density at radius 2 is 1.79 bits per heavy atom. The van der Waals surface area contributed by atoms with Crippen molar-refractivity contribution in [3.05, 3.63) is 53.6 Å². The minimum absolute atomic E-state index is 0.514. The molecule has 0 N–H and O–H groups in total. The van der Waals surface area contributed by atoms with Gasteiger partial charge in [-0.2, -0.15) is 0 Å². The van der Waals surface area contributed by atoms with E-state index in [9.17, 15) is 0 Å². The standard InChI is InChI=1S/C14H18/c1-12(2)11-13(3)9-10-14-7-5-4-6-8-14/h4-11,13H,1-3H3/b10-9+. The van der Waals surface area contributed by atoms with E-state index in [2.05, 4.69) is 63.3 Å². The lowest BCUT2D eigenvalue weighted by Gasteiger charge is -1.99. The molecule has 1 unspecified atom stereocenters. The summed E-state index contributed by atoms with van der Waals surface area (Å²) in [6.07, 6.45) is 6.66. The second-order valence-electron chi connectivity index (χ2n) is 3.87. The summed E-state index contributed by atoms with van der Waals surface area (Å²) < 4.78 is 0. The van der Waals surface area contributed by atoms with Crippen LogP contribution in [0, 0.1) is 5.92 Å². The van der Waals surface area contributed by atoms with E-state index in [1.807, 2.05) is 6.07 Å². The van der Waals surface area contributed by atoms with E-state index in [1.54, 1.807) is 0 Å². The summed E-state index contributed by atoms with van der Waals surface area (Å²) in [6, 6.07) is 10.4. The first kappa shape index (κ1) is 10.8. The SMILES string of the molecule is CC(C)=CC(C)/C=C/c1ccccc1. The highest BCUT2D eigenvalue weighted by molar-refractivity contribution is 5.49. The summed E-state index contributed by atoms with van der Waals surface area (Å²) in [6.45, 7) is 6.46. The van der Waals surface area contributed by atoms with Crippen molar-refractivity contribution in [1.29, 1.82) is 0 Å². The highest BCUT2D eigenvalue weighted by atomic mass is 14.0. The number of hydrogen-bond donors (Lipinski definition) is 0. The van der Waals surface area contributed by atoms with Gasteiger partial charge in [0.05, 0.1) is 0 Å². The molecular formula is C14H18. The molecule has 1 aromatic rings. The molecular weight excluding hydrogens is 168 g/mol. The van der Waals surface area contributed by atoms with Gasteiger partial charge in [-0.25, -0.2) is 0 Å². The van der Waals surface area contributed by atoms with Crippen LogP contribution in [0.2, 0.25) is 0 Å². The third kappa shape index (κ3) is 4.08. The average molecular weight is 186 g/mol. The number of hydrogen-bond acceptors (Lipinski definition) is 0. The lowest BCUT2D eigenvalue weighted by atomic mass is 10.1. The van der Waals surface area contributed by atoms with Gasteiger partial charge in [0.25, 0.3) is 0 Å². The molecule has 0 heterocycles. The fourth-order valence-corrected chi connectivity index (χ4v) is 1.41. The van der Waals surface area contributed by atoms with Crippen LogP contribution >= 0.6 is 0 Å². The molecule has 0 aromatic heterocycles. The predicted octanol–water partition coefficient (Wildman–Crippen LogP) is 4.30. The third-order valence-electron chi connectivity index (χ3n) is 1.99. The van der Waals surface area contributed by atoms with Gasteiger partial charge in [0.15, 0.2) is 0 Å². The van der Waals surface area contributed by atoms with Gasteiger partial charge in [0.2, 0.25) is 0 Å². The lowest BCUT2D eigenvalue weighted by molar-refractivity contribution is 0.930. The van der Waals surface area contributed by atoms with Gasteiger partial charge >= 0.3 is 0 Å². The number of allylic oxidation sites excluding steroid dienone is 3. The molecule has 0 radical (unpaired) electrons. The Balaban J connectivity index is 2.61. The quantitative estimate of drug-likeness (QED) is 0.617. The average Bonchev–Trinajstić information content (AvgIpc) is 2.15. The summed E-state index contributed by atoms with van der Waals surface area (Å²) in [7, 11) is 0. The highest BCUT2D eigenvalue weighted by Gasteiger charge is 1.90. The molecule has 0 fully saturated rings. The van der Waals surface area contributed by atoms with E-state index in [1.165, 1.54) is 11.1 Å². The van der Waals surface area contributed by atoms with Crippen LogP contribution in [-0.2, 0) is 0 Å². The maximum Gasteiger partial charge on any atom is -0.00761 e. The van der Waals surface area contributed by atoms with Crippen molar-refractivity contribution in [1.82, 2.24) is 0 Å².